The van der Waals surface area contributed by atoms with Crippen LogP contribution in [0.1, 0.15) is 206 Å². The first-order chi connectivity index (χ1) is 21.6. The summed E-state index contributed by atoms with van der Waals surface area (Å²) in [5.41, 5.74) is 0. The van der Waals surface area contributed by atoms with E-state index in [2.05, 4.69) is 13.8 Å². The third-order valence-electron chi connectivity index (χ3n) is 8.94. The molecule has 0 aliphatic rings. The summed E-state index contributed by atoms with van der Waals surface area (Å²) in [6, 6.07) is 0. The van der Waals surface area contributed by atoms with Crippen LogP contribution in [-0.2, 0) is 19.7 Å². The molecular formula is C36H69Na3O7S. The average molecular weight is 715 g/mol. The van der Waals surface area contributed by atoms with Gasteiger partial charge in [0.05, 0.1) is 5.97 Å². The van der Waals surface area contributed by atoms with Gasteiger partial charge >= 0.3 is 161 Å². The molecule has 0 aromatic carbocycles. The first-order valence-corrected chi connectivity index (χ1v) is 21.8. The number of carboxylic acid groups (broad SMARTS) is 2. The minimum absolute atomic E-state index is 0. The Labute approximate surface area is 352 Å². The molecule has 0 aliphatic heterocycles. The van der Waals surface area contributed by atoms with Gasteiger partial charge < -0.3 is 19.8 Å². The maximum Gasteiger partial charge on any atom is 1.00 e. The molecule has 0 saturated heterocycles. The fourth-order valence-electron chi connectivity index (χ4n) is 5.87. The van der Waals surface area contributed by atoms with Crippen LogP contribution in [0, 0.1) is 0 Å². The van der Waals surface area contributed by atoms with Gasteiger partial charge in [0, 0.05) is 12.4 Å². The molecule has 0 aromatic heterocycles. The molecule has 0 fully saturated rings. The van der Waals surface area contributed by atoms with E-state index in [1.54, 1.807) is 0 Å². The normalized spacial score (nSPS) is 12.3. The van der Waals surface area contributed by atoms with E-state index >= 15 is 0 Å². The van der Waals surface area contributed by atoms with Crippen LogP contribution in [-0.4, -0.2) is 57.6 Å². The number of hydrogen-bond acceptors (Lipinski definition) is 6. The monoisotopic (exact) mass is 714 g/mol. The van der Waals surface area contributed by atoms with Crippen LogP contribution in [0.4, 0.5) is 0 Å². The van der Waals surface area contributed by atoms with Crippen molar-refractivity contribution in [1.29, 1.82) is 0 Å². The van der Waals surface area contributed by atoms with Gasteiger partial charge in [0.15, 0.2) is 0 Å². The Morgan fingerprint density at radius 2 is 0.787 bits per heavy atom. The minimum atomic E-state index is -5.12. The summed E-state index contributed by atoms with van der Waals surface area (Å²) in [6.07, 6.45) is 33.9. The van der Waals surface area contributed by atoms with Gasteiger partial charge in [-0.25, -0.2) is 0 Å². The van der Waals surface area contributed by atoms with Crippen LogP contribution in [0.3, 0.4) is 0 Å². The van der Waals surface area contributed by atoms with Crippen molar-refractivity contribution >= 4 is 50.0 Å². The van der Waals surface area contributed by atoms with E-state index in [9.17, 15) is 32.8 Å². The average Bonchev–Trinajstić information content (AvgIpc) is 2.98. The van der Waals surface area contributed by atoms with E-state index in [-0.39, 0.29) is 65.5 Å². The van der Waals surface area contributed by atoms with Crippen molar-refractivity contribution in [3.8, 4) is 0 Å². The summed E-state index contributed by atoms with van der Waals surface area (Å²) in [5.74, 6) is -3.96. The SMILES string of the molecule is CCCCCCCCCCCCCCCCC(CC(=O)[O-])(C(=O)[O-])S(=O)(=O)O.CCCCCCCCCCCCCCC[CH2][Na].[Na+].[Na+]. The van der Waals surface area contributed by atoms with E-state index in [0.29, 0.717) is 6.42 Å². The molecule has 0 bridgehead atoms. The Hall–Kier alpha value is 1.85. The molecule has 0 saturated carbocycles. The Morgan fingerprint density at radius 1 is 0.532 bits per heavy atom. The number of hydrogen-bond donors (Lipinski definition) is 1. The Kier molecular flexibility index (Phi) is 48.1. The van der Waals surface area contributed by atoms with E-state index in [1.807, 2.05) is 0 Å². The zero-order valence-electron chi connectivity index (χ0n) is 31.7. The number of unbranched alkanes of at least 4 members (excludes halogenated alkanes) is 26. The minimum Gasteiger partial charge on any atom is 1.00 e. The molecule has 264 valence electrons. The van der Waals surface area contributed by atoms with Gasteiger partial charge in [-0.2, -0.15) is 8.42 Å². The Bertz CT molecular complexity index is 771. The first-order valence-electron chi connectivity index (χ1n) is 19.0. The van der Waals surface area contributed by atoms with Crippen molar-refractivity contribution in [2.24, 2.45) is 0 Å². The second-order valence-corrected chi connectivity index (χ2v) is 16.0. The van der Waals surface area contributed by atoms with Crippen molar-refractivity contribution in [2.45, 2.75) is 215 Å². The predicted molar refractivity (Wildman–Crippen MR) is 185 cm³/mol. The fourth-order valence-corrected chi connectivity index (χ4v) is 7.28. The first kappa shape index (κ1) is 55.6. The zero-order valence-corrected chi connectivity index (χ0v) is 38.5. The van der Waals surface area contributed by atoms with Crippen LogP contribution in [0.25, 0.3) is 0 Å². The van der Waals surface area contributed by atoms with Crippen molar-refractivity contribution in [2.75, 3.05) is 0 Å². The summed E-state index contributed by atoms with van der Waals surface area (Å²) >= 11 is 1.41. The molecule has 1 unspecified atom stereocenters. The zero-order chi connectivity index (χ0) is 34.1. The predicted octanol–water partition coefficient (Wildman–Crippen LogP) is 2.44. The standard InChI is InChI=1S/C20H38O7S.C16H33.3Na/c1-2-3-4-5-6-7-8-9-10-11-12-13-14-15-16-20(19(23)24,17-18(21)22)28(25,26)27;1-3-5-7-9-11-13-15-16-14-12-10-8-6-4-2;;;/h2-17H2,1H3,(H,21,22)(H,23,24)(H,25,26,27);1,3-16H2,2H3;;;/q;;;2*+1/p-2. The Balaban J connectivity index is -0.000000420. The van der Waals surface area contributed by atoms with E-state index in [1.165, 1.54) is 173 Å². The second-order valence-electron chi connectivity index (χ2n) is 13.2. The summed E-state index contributed by atoms with van der Waals surface area (Å²) in [7, 11) is -5.12. The molecule has 7 nitrogen and oxygen atoms in total. The molecule has 0 rings (SSSR count). The maximum absolute atomic E-state index is 11.4. The number of rotatable bonds is 33. The molecule has 1 atom stereocenters. The van der Waals surface area contributed by atoms with Crippen LogP contribution in [0.2, 0.25) is 3.67 Å². The summed E-state index contributed by atoms with van der Waals surface area (Å²) in [6.45, 7) is 4.50. The number of aliphatic carboxylic acids is 2. The van der Waals surface area contributed by atoms with E-state index < -0.39 is 39.6 Å². The van der Waals surface area contributed by atoms with E-state index in [0.717, 1.165) is 25.7 Å². The van der Waals surface area contributed by atoms with Gasteiger partial charge in [-0.05, 0) is 6.42 Å². The van der Waals surface area contributed by atoms with Crippen molar-refractivity contribution < 1.29 is 91.9 Å². The van der Waals surface area contributed by atoms with Crippen LogP contribution in [0.15, 0.2) is 0 Å². The van der Waals surface area contributed by atoms with Gasteiger partial charge in [0.25, 0.3) is 10.1 Å². The largest absolute Gasteiger partial charge is 1.00 e. The smallest absolute Gasteiger partial charge is 1.00 e. The number of carbonyl (C=O) groups is 2. The maximum atomic E-state index is 11.4. The van der Waals surface area contributed by atoms with Crippen LogP contribution in [0.5, 0.6) is 0 Å². The summed E-state index contributed by atoms with van der Waals surface area (Å²) in [4.78, 5) is 22.0. The molecule has 0 aromatic rings. The number of carbonyl (C=O) groups excluding carboxylic acids is 2. The molecule has 11 heteroatoms. The van der Waals surface area contributed by atoms with Crippen LogP contribution < -0.4 is 69.3 Å². The second kappa shape index (κ2) is 40.6. The van der Waals surface area contributed by atoms with Gasteiger partial charge in [-0.3, -0.25) is 4.55 Å². The van der Waals surface area contributed by atoms with Gasteiger partial charge in [0.2, 0.25) is 0 Å². The molecule has 47 heavy (non-hydrogen) atoms. The van der Waals surface area contributed by atoms with Gasteiger partial charge in [0.1, 0.15) is 4.75 Å². The van der Waals surface area contributed by atoms with Gasteiger partial charge in [-0.1, -0.05) is 123 Å². The van der Waals surface area contributed by atoms with Gasteiger partial charge in [-0.15, -0.1) is 0 Å². The fraction of sp³-hybridized carbons (Fsp3) is 0.944. The van der Waals surface area contributed by atoms with Crippen molar-refractivity contribution in [3.63, 3.8) is 0 Å². The third kappa shape index (κ3) is 36.0. The molecule has 0 amide bonds. The van der Waals surface area contributed by atoms with E-state index in [4.69, 9.17) is 0 Å². The molecule has 0 aliphatic carbocycles. The van der Waals surface area contributed by atoms with Crippen molar-refractivity contribution in [1.82, 2.24) is 0 Å². The summed E-state index contributed by atoms with van der Waals surface area (Å²) in [5, 5.41) is 22.0. The third-order valence-corrected chi connectivity index (χ3v) is 11.1. The molecule has 0 spiro atoms. The summed E-state index contributed by atoms with van der Waals surface area (Å²) < 4.78 is 30.8. The molecule has 0 heterocycles. The quantitative estimate of drug-likeness (QED) is 0.0627. The molecule has 1 N–H and O–H groups in total. The van der Waals surface area contributed by atoms with Crippen molar-refractivity contribution in [3.05, 3.63) is 0 Å². The molecular weight excluding hydrogens is 645 g/mol. The van der Waals surface area contributed by atoms with Crippen LogP contribution >= 0.6 is 0 Å². The number of carboxylic acids is 2. The Morgan fingerprint density at radius 3 is 1.00 bits per heavy atom. The molecule has 0 radical (unpaired) electrons. The topological polar surface area (TPSA) is 135 Å².